The number of nitrogens with one attached hydrogen (secondary N) is 1. The van der Waals surface area contributed by atoms with E-state index in [1.807, 2.05) is 19.9 Å². The molecule has 0 aromatic carbocycles. The fraction of sp³-hybridized carbons (Fsp3) is 0.583. The minimum Gasteiger partial charge on any atom is -0.359 e. The monoisotopic (exact) mass is 268 g/mol. The molecule has 0 aliphatic carbocycles. The zero-order valence-corrected chi connectivity index (χ0v) is 11.6. The van der Waals surface area contributed by atoms with Crippen LogP contribution >= 0.6 is 11.6 Å². The van der Waals surface area contributed by atoms with E-state index in [9.17, 15) is 4.79 Å². The smallest absolute Gasteiger partial charge is 0.227 e. The molecule has 1 aromatic rings. The van der Waals surface area contributed by atoms with Gasteiger partial charge in [0.1, 0.15) is 5.82 Å². The number of amides is 1. The van der Waals surface area contributed by atoms with Crippen LogP contribution in [0.5, 0.6) is 0 Å². The summed E-state index contributed by atoms with van der Waals surface area (Å²) in [6.07, 6.45) is 0.813. The number of carbonyl (C=O) groups is 1. The molecule has 1 fully saturated rings. The molecule has 0 spiro atoms. The van der Waals surface area contributed by atoms with Crippen LogP contribution in [0.2, 0.25) is 5.28 Å². The maximum atomic E-state index is 11.8. The second kappa shape index (κ2) is 4.72. The Kier molecular flexibility index (Phi) is 3.43. The van der Waals surface area contributed by atoms with Crippen molar-refractivity contribution in [1.82, 2.24) is 15.3 Å². The first kappa shape index (κ1) is 13.1. The first-order chi connectivity index (χ1) is 8.44. The Labute approximate surface area is 112 Å². The lowest BCUT2D eigenvalue weighted by Gasteiger charge is -2.23. The average molecular weight is 269 g/mol. The Bertz CT molecular complexity index is 459. The molecule has 1 aromatic heterocycles. The van der Waals surface area contributed by atoms with Crippen molar-refractivity contribution in [2.75, 3.05) is 25.0 Å². The van der Waals surface area contributed by atoms with Crippen LogP contribution in [0.15, 0.2) is 6.07 Å². The molecule has 0 radical (unpaired) electrons. The molecule has 1 atom stereocenters. The van der Waals surface area contributed by atoms with E-state index in [0.29, 0.717) is 6.54 Å². The van der Waals surface area contributed by atoms with Crippen molar-refractivity contribution in [2.24, 2.45) is 5.41 Å². The molecule has 0 saturated carbocycles. The van der Waals surface area contributed by atoms with E-state index in [2.05, 4.69) is 20.2 Å². The lowest BCUT2D eigenvalue weighted by atomic mass is 9.89. The summed E-state index contributed by atoms with van der Waals surface area (Å²) in [5, 5.41) is 2.97. The Morgan fingerprint density at radius 2 is 2.28 bits per heavy atom. The van der Waals surface area contributed by atoms with Crippen LogP contribution in [0.3, 0.4) is 0 Å². The van der Waals surface area contributed by atoms with E-state index < -0.39 is 0 Å². The Hall–Kier alpha value is -1.36. The molecule has 18 heavy (non-hydrogen) atoms. The highest BCUT2D eigenvalue weighted by Gasteiger charge is 2.40. The summed E-state index contributed by atoms with van der Waals surface area (Å²) in [6, 6.07) is 1.89. The van der Waals surface area contributed by atoms with Crippen LogP contribution in [0.1, 0.15) is 19.0 Å². The van der Waals surface area contributed by atoms with Gasteiger partial charge in [-0.25, -0.2) is 9.97 Å². The summed E-state index contributed by atoms with van der Waals surface area (Å²) in [5.74, 6) is 0.863. The average Bonchev–Trinajstić information content (AvgIpc) is 2.71. The highest BCUT2D eigenvalue weighted by molar-refractivity contribution is 6.28. The number of hydrogen-bond donors (Lipinski definition) is 1. The van der Waals surface area contributed by atoms with Crippen molar-refractivity contribution < 1.29 is 4.79 Å². The van der Waals surface area contributed by atoms with E-state index in [0.717, 1.165) is 24.5 Å². The molecule has 1 N–H and O–H groups in total. The van der Waals surface area contributed by atoms with Gasteiger partial charge in [-0.2, -0.15) is 0 Å². The fourth-order valence-corrected chi connectivity index (χ4v) is 2.54. The summed E-state index contributed by atoms with van der Waals surface area (Å²) >= 11 is 5.86. The topological polar surface area (TPSA) is 58.1 Å². The first-order valence-electron chi connectivity index (χ1n) is 5.93. The van der Waals surface area contributed by atoms with E-state index in [1.165, 1.54) is 0 Å². The van der Waals surface area contributed by atoms with Crippen LogP contribution < -0.4 is 10.2 Å². The van der Waals surface area contributed by atoms with Crippen molar-refractivity contribution >= 4 is 23.3 Å². The Balaban J connectivity index is 2.20. The molecule has 1 aliphatic rings. The minimum atomic E-state index is -0.361. The molecule has 6 heteroatoms. The summed E-state index contributed by atoms with van der Waals surface area (Å²) < 4.78 is 0. The van der Waals surface area contributed by atoms with Gasteiger partial charge >= 0.3 is 0 Å². The van der Waals surface area contributed by atoms with Crippen molar-refractivity contribution in [1.29, 1.82) is 0 Å². The van der Waals surface area contributed by atoms with Crippen molar-refractivity contribution in [3.05, 3.63) is 17.0 Å². The number of halogens is 1. The van der Waals surface area contributed by atoms with Crippen LogP contribution in [-0.4, -0.2) is 36.0 Å². The number of anilines is 1. The highest BCUT2D eigenvalue weighted by Crippen LogP contribution is 2.32. The molecule has 5 nitrogen and oxygen atoms in total. The maximum absolute atomic E-state index is 11.8. The molecule has 1 aliphatic heterocycles. The predicted octanol–water partition coefficient (Wildman–Crippen LogP) is 1.40. The van der Waals surface area contributed by atoms with Crippen LogP contribution in [0.25, 0.3) is 0 Å². The van der Waals surface area contributed by atoms with Gasteiger partial charge in [-0.1, -0.05) is 0 Å². The number of aryl methyl sites for hydroxylation is 1. The molecular weight excluding hydrogens is 252 g/mol. The number of rotatable bonds is 2. The number of carbonyl (C=O) groups excluding carboxylic acids is 1. The van der Waals surface area contributed by atoms with E-state index in [-0.39, 0.29) is 16.6 Å². The summed E-state index contributed by atoms with van der Waals surface area (Å²) in [7, 11) is 1.67. The lowest BCUT2D eigenvalue weighted by Crippen LogP contribution is -2.39. The normalized spacial score (nSPS) is 23.2. The third kappa shape index (κ3) is 2.41. The minimum absolute atomic E-state index is 0.0712. The second-order valence-electron chi connectivity index (χ2n) is 4.95. The number of aromatic nitrogens is 2. The quantitative estimate of drug-likeness (QED) is 0.824. The van der Waals surface area contributed by atoms with Crippen molar-refractivity contribution in [3.8, 4) is 0 Å². The zero-order valence-electron chi connectivity index (χ0n) is 10.8. The second-order valence-corrected chi connectivity index (χ2v) is 5.29. The Morgan fingerprint density at radius 1 is 1.56 bits per heavy atom. The van der Waals surface area contributed by atoms with E-state index in [4.69, 9.17) is 11.6 Å². The lowest BCUT2D eigenvalue weighted by molar-refractivity contribution is -0.128. The molecule has 1 saturated heterocycles. The molecule has 1 amide bonds. The zero-order chi connectivity index (χ0) is 13.3. The standard InChI is InChI=1S/C12H17ClN4O/c1-8-6-9(16-11(13)15-8)17-5-4-12(2,7-17)10(18)14-3/h6H,4-5,7H2,1-3H3,(H,14,18). The molecule has 1 unspecified atom stereocenters. The van der Waals surface area contributed by atoms with Gasteiger partial charge in [0, 0.05) is 31.9 Å². The van der Waals surface area contributed by atoms with Gasteiger partial charge in [-0.05, 0) is 31.9 Å². The number of nitrogens with zero attached hydrogens (tertiary/aromatic N) is 3. The van der Waals surface area contributed by atoms with Crippen LogP contribution in [-0.2, 0) is 4.79 Å². The highest BCUT2D eigenvalue weighted by atomic mass is 35.5. The Morgan fingerprint density at radius 3 is 2.89 bits per heavy atom. The van der Waals surface area contributed by atoms with Gasteiger partial charge in [-0.3, -0.25) is 4.79 Å². The van der Waals surface area contributed by atoms with Crippen LogP contribution in [0, 0.1) is 12.3 Å². The SMILES string of the molecule is CNC(=O)C1(C)CCN(c2cc(C)nc(Cl)n2)C1. The first-order valence-corrected chi connectivity index (χ1v) is 6.31. The van der Waals surface area contributed by atoms with Gasteiger partial charge in [0.15, 0.2) is 0 Å². The fourth-order valence-electron chi connectivity index (χ4n) is 2.32. The molecular formula is C12H17ClN4O. The van der Waals surface area contributed by atoms with E-state index >= 15 is 0 Å². The van der Waals surface area contributed by atoms with Gasteiger partial charge < -0.3 is 10.2 Å². The van der Waals surface area contributed by atoms with E-state index in [1.54, 1.807) is 7.05 Å². The summed E-state index contributed by atoms with van der Waals surface area (Å²) in [6.45, 7) is 5.31. The summed E-state index contributed by atoms with van der Waals surface area (Å²) in [5.41, 5.74) is 0.471. The number of hydrogen-bond acceptors (Lipinski definition) is 4. The van der Waals surface area contributed by atoms with Crippen LogP contribution in [0.4, 0.5) is 5.82 Å². The van der Waals surface area contributed by atoms with Gasteiger partial charge in [0.25, 0.3) is 0 Å². The maximum Gasteiger partial charge on any atom is 0.227 e. The molecule has 98 valence electrons. The largest absolute Gasteiger partial charge is 0.359 e. The molecule has 2 heterocycles. The predicted molar refractivity (Wildman–Crippen MR) is 70.8 cm³/mol. The third-order valence-corrected chi connectivity index (χ3v) is 3.56. The summed E-state index contributed by atoms with van der Waals surface area (Å²) in [4.78, 5) is 22.2. The van der Waals surface area contributed by atoms with Gasteiger partial charge in [-0.15, -0.1) is 0 Å². The molecule has 0 bridgehead atoms. The molecule has 2 rings (SSSR count). The van der Waals surface area contributed by atoms with Gasteiger partial charge in [0.05, 0.1) is 5.41 Å². The third-order valence-electron chi connectivity index (χ3n) is 3.39. The van der Waals surface area contributed by atoms with Gasteiger partial charge in [0.2, 0.25) is 11.2 Å². The van der Waals surface area contributed by atoms with Crippen molar-refractivity contribution in [2.45, 2.75) is 20.3 Å². The van der Waals surface area contributed by atoms with Crippen molar-refractivity contribution in [3.63, 3.8) is 0 Å².